The normalized spacial score (nSPS) is 13.0. The van der Waals surface area contributed by atoms with Gasteiger partial charge >= 0.3 is 5.97 Å². The highest BCUT2D eigenvalue weighted by molar-refractivity contribution is 5.76. The zero-order chi connectivity index (χ0) is 47.2. The average Bonchev–Trinajstić information content (AvgIpc) is 3.31. The van der Waals surface area contributed by atoms with Crippen LogP contribution in [-0.4, -0.2) is 47.4 Å². The standard InChI is InChI=1S/C59H109NO5/c1-3-5-7-9-11-13-15-17-19-20-21-22-23-24-25-26-27-31-35-39-43-47-51-57(62)56(55-61)60-58(63)52-48-44-40-36-32-29-30-34-38-42-46-50-54-65-59(64)53-49-45-41-37-33-28-18-16-14-12-10-8-6-4-2/h10,12,16,18,30,34,47,51,56-57,61-62H,3-9,11,13-15,17,19-29,31-33,35-46,48-50,52-55H2,1-2H3,(H,60,63)/b12-10-,18-16-,34-30-,51-47+. The summed E-state index contributed by atoms with van der Waals surface area (Å²) in [5.41, 5.74) is 0. The lowest BCUT2D eigenvalue weighted by atomic mass is 10.0. The lowest BCUT2D eigenvalue weighted by Gasteiger charge is -2.20. The number of carbonyl (C=O) groups excluding carboxylic acids is 2. The fraction of sp³-hybridized carbons (Fsp3) is 0.831. The highest BCUT2D eigenvalue weighted by Crippen LogP contribution is 2.16. The predicted octanol–water partition coefficient (Wildman–Crippen LogP) is 17.4. The lowest BCUT2D eigenvalue weighted by Crippen LogP contribution is -2.45. The van der Waals surface area contributed by atoms with Gasteiger partial charge in [-0.3, -0.25) is 9.59 Å². The first-order valence-electron chi connectivity index (χ1n) is 28.4. The third kappa shape index (κ3) is 51.1. The summed E-state index contributed by atoms with van der Waals surface area (Å²) in [6, 6.07) is -0.649. The van der Waals surface area contributed by atoms with E-state index < -0.39 is 12.1 Å². The smallest absolute Gasteiger partial charge is 0.305 e. The van der Waals surface area contributed by atoms with Gasteiger partial charge in [-0.1, -0.05) is 236 Å². The number of ether oxygens (including phenoxy) is 1. The molecule has 0 aliphatic carbocycles. The molecule has 2 unspecified atom stereocenters. The molecule has 380 valence electrons. The number of allylic oxidation sites excluding steroid dienone is 7. The number of amides is 1. The summed E-state index contributed by atoms with van der Waals surface area (Å²) >= 11 is 0. The molecule has 0 aliphatic rings. The Morgan fingerprint density at radius 1 is 0.431 bits per heavy atom. The van der Waals surface area contributed by atoms with Crippen molar-refractivity contribution in [3.63, 3.8) is 0 Å². The van der Waals surface area contributed by atoms with E-state index >= 15 is 0 Å². The maximum absolute atomic E-state index is 12.5. The van der Waals surface area contributed by atoms with Crippen LogP contribution in [0.2, 0.25) is 0 Å². The number of esters is 1. The van der Waals surface area contributed by atoms with Crippen molar-refractivity contribution in [2.24, 2.45) is 0 Å². The summed E-state index contributed by atoms with van der Waals surface area (Å²) in [4.78, 5) is 24.5. The average molecular weight is 913 g/mol. The molecule has 0 aliphatic heterocycles. The number of rotatable bonds is 52. The minimum absolute atomic E-state index is 0.0392. The van der Waals surface area contributed by atoms with E-state index in [4.69, 9.17) is 4.74 Å². The van der Waals surface area contributed by atoms with Crippen LogP contribution in [0, 0.1) is 0 Å². The SMILES string of the molecule is CCCC/C=C\C/C=C\CCCCCCCC(=O)OCCCCC/C=C\CCCCCCCC(=O)NC(CO)C(O)/C=C/CCCCCCCCCCCCCCCCCCCCCC. The first kappa shape index (κ1) is 62.8. The van der Waals surface area contributed by atoms with Crippen LogP contribution < -0.4 is 5.32 Å². The van der Waals surface area contributed by atoms with Gasteiger partial charge in [-0.2, -0.15) is 0 Å². The third-order valence-electron chi connectivity index (χ3n) is 12.8. The number of aliphatic hydroxyl groups is 2. The second-order valence-corrected chi connectivity index (χ2v) is 19.3. The van der Waals surface area contributed by atoms with Crippen LogP contribution in [0.3, 0.4) is 0 Å². The van der Waals surface area contributed by atoms with Crippen molar-refractivity contribution >= 4 is 11.9 Å². The topological polar surface area (TPSA) is 95.9 Å². The van der Waals surface area contributed by atoms with E-state index in [0.717, 1.165) is 103 Å². The fourth-order valence-corrected chi connectivity index (χ4v) is 8.41. The van der Waals surface area contributed by atoms with Gasteiger partial charge in [0.05, 0.1) is 25.4 Å². The van der Waals surface area contributed by atoms with Crippen molar-refractivity contribution in [3.8, 4) is 0 Å². The summed E-state index contributed by atoms with van der Waals surface area (Å²) < 4.78 is 5.44. The monoisotopic (exact) mass is 912 g/mol. The first-order valence-corrected chi connectivity index (χ1v) is 28.4. The number of carbonyl (C=O) groups is 2. The molecular formula is C59H109NO5. The maximum atomic E-state index is 12.5. The van der Waals surface area contributed by atoms with Crippen molar-refractivity contribution in [2.45, 2.75) is 302 Å². The molecule has 0 rings (SSSR count). The molecule has 65 heavy (non-hydrogen) atoms. The summed E-state index contributed by atoms with van der Waals surface area (Å²) in [6.07, 6.45) is 68.4. The van der Waals surface area contributed by atoms with Gasteiger partial charge in [-0.25, -0.2) is 0 Å². The lowest BCUT2D eigenvalue weighted by molar-refractivity contribution is -0.143. The number of hydrogen-bond donors (Lipinski definition) is 3. The summed E-state index contributed by atoms with van der Waals surface area (Å²) in [7, 11) is 0. The van der Waals surface area contributed by atoms with E-state index in [9.17, 15) is 19.8 Å². The van der Waals surface area contributed by atoms with Crippen molar-refractivity contribution in [2.75, 3.05) is 13.2 Å². The van der Waals surface area contributed by atoms with Gasteiger partial charge in [0.25, 0.3) is 0 Å². The first-order chi connectivity index (χ1) is 32.0. The van der Waals surface area contributed by atoms with Crippen LogP contribution in [-0.2, 0) is 14.3 Å². The van der Waals surface area contributed by atoms with Crippen LogP contribution >= 0.6 is 0 Å². The molecule has 0 heterocycles. The molecule has 6 nitrogen and oxygen atoms in total. The fourth-order valence-electron chi connectivity index (χ4n) is 8.41. The molecule has 0 bridgehead atoms. The largest absolute Gasteiger partial charge is 0.466 e. The zero-order valence-corrected chi connectivity index (χ0v) is 43.2. The van der Waals surface area contributed by atoms with Crippen LogP contribution in [0.25, 0.3) is 0 Å². The highest BCUT2D eigenvalue weighted by atomic mass is 16.5. The van der Waals surface area contributed by atoms with E-state index in [1.165, 1.54) is 161 Å². The summed E-state index contributed by atoms with van der Waals surface area (Å²) in [5, 5.41) is 23.1. The Kier molecular flexibility index (Phi) is 52.6. The van der Waals surface area contributed by atoms with Crippen molar-refractivity contribution in [3.05, 3.63) is 48.6 Å². The Hall–Kier alpha value is -2.18. The van der Waals surface area contributed by atoms with Gasteiger partial charge in [0, 0.05) is 12.8 Å². The van der Waals surface area contributed by atoms with Gasteiger partial charge in [0.2, 0.25) is 5.91 Å². The molecule has 1 amide bonds. The molecule has 0 spiro atoms. The molecule has 2 atom stereocenters. The van der Waals surface area contributed by atoms with Gasteiger partial charge < -0.3 is 20.3 Å². The Balaban J connectivity index is 3.55. The van der Waals surface area contributed by atoms with Gasteiger partial charge in [0.15, 0.2) is 0 Å². The number of aliphatic hydroxyl groups excluding tert-OH is 2. The van der Waals surface area contributed by atoms with E-state index in [2.05, 4.69) is 55.6 Å². The van der Waals surface area contributed by atoms with Crippen LogP contribution in [0.1, 0.15) is 290 Å². The molecule has 0 aromatic heterocycles. The van der Waals surface area contributed by atoms with Gasteiger partial charge in [-0.15, -0.1) is 0 Å². The molecular weight excluding hydrogens is 803 g/mol. The maximum Gasteiger partial charge on any atom is 0.305 e. The zero-order valence-electron chi connectivity index (χ0n) is 43.2. The Labute approximate surface area is 404 Å². The molecule has 0 aromatic rings. The second kappa shape index (κ2) is 54.4. The van der Waals surface area contributed by atoms with Crippen LogP contribution in [0.4, 0.5) is 0 Å². The van der Waals surface area contributed by atoms with E-state index in [-0.39, 0.29) is 18.5 Å². The van der Waals surface area contributed by atoms with Crippen LogP contribution in [0.5, 0.6) is 0 Å². The van der Waals surface area contributed by atoms with E-state index in [1.807, 2.05) is 6.08 Å². The Morgan fingerprint density at radius 2 is 0.785 bits per heavy atom. The highest BCUT2D eigenvalue weighted by Gasteiger charge is 2.18. The van der Waals surface area contributed by atoms with E-state index in [0.29, 0.717) is 19.4 Å². The Bertz CT molecular complexity index is 1100. The number of nitrogens with one attached hydrogen (secondary N) is 1. The molecule has 6 heteroatoms. The minimum Gasteiger partial charge on any atom is -0.466 e. The van der Waals surface area contributed by atoms with Gasteiger partial charge in [0.1, 0.15) is 0 Å². The molecule has 0 aromatic carbocycles. The van der Waals surface area contributed by atoms with E-state index in [1.54, 1.807) is 6.08 Å². The second-order valence-electron chi connectivity index (χ2n) is 19.3. The molecule has 0 saturated carbocycles. The quantitative estimate of drug-likeness (QED) is 0.0321. The van der Waals surface area contributed by atoms with Crippen molar-refractivity contribution in [1.29, 1.82) is 0 Å². The molecule has 0 radical (unpaired) electrons. The summed E-state index contributed by atoms with van der Waals surface area (Å²) in [6.45, 7) is 4.80. The van der Waals surface area contributed by atoms with Crippen molar-refractivity contribution in [1.82, 2.24) is 5.32 Å². The molecule has 0 fully saturated rings. The molecule has 3 N–H and O–H groups in total. The Morgan fingerprint density at radius 3 is 1.23 bits per heavy atom. The predicted molar refractivity (Wildman–Crippen MR) is 282 cm³/mol. The summed E-state index contributed by atoms with van der Waals surface area (Å²) in [5.74, 6) is -0.133. The third-order valence-corrected chi connectivity index (χ3v) is 12.8. The van der Waals surface area contributed by atoms with Crippen LogP contribution in [0.15, 0.2) is 48.6 Å². The van der Waals surface area contributed by atoms with Crippen molar-refractivity contribution < 1.29 is 24.5 Å². The minimum atomic E-state index is -0.863. The number of hydrogen-bond acceptors (Lipinski definition) is 5. The molecule has 0 saturated heterocycles. The number of unbranched alkanes of at least 4 members (excludes halogenated alkanes) is 35. The van der Waals surface area contributed by atoms with Gasteiger partial charge in [-0.05, 0) is 89.9 Å².